The van der Waals surface area contributed by atoms with Crippen LogP contribution in [-0.4, -0.2) is 16.2 Å². The fourth-order valence-electron chi connectivity index (χ4n) is 6.60. The lowest BCUT2D eigenvalue weighted by molar-refractivity contribution is 0.416. The van der Waals surface area contributed by atoms with Crippen molar-refractivity contribution in [3.05, 3.63) is 144 Å². The van der Waals surface area contributed by atoms with Crippen LogP contribution < -0.4 is 4.74 Å². The van der Waals surface area contributed by atoms with Crippen LogP contribution in [0.3, 0.4) is 0 Å². The second kappa shape index (κ2) is 9.91. The number of aromatic nitrogens is 2. The first kappa shape index (κ1) is 25.4. The monoisotopic (exact) mass is 564 g/mol. The number of benzene rings is 6. The maximum absolute atomic E-state index is 9.62. The van der Waals surface area contributed by atoms with Gasteiger partial charge in [0.15, 0.2) is 0 Å². The molecule has 0 unspecified atom stereocenters. The van der Waals surface area contributed by atoms with Crippen molar-refractivity contribution < 1.29 is 4.74 Å². The van der Waals surface area contributed by atoms with Crippen molar-refractivity contribution >= 4 is 49.3 Å². The molecule has 0 aliphatic heterocycles. The van der Waals surface area contributed by atoms with E-state index in [4.69, 9.17) is 11.3 Å². The average Bonchev–Trinajstić information content (AvgIpc) is 3.60. The molecule has 0 aliphatic carbocycles. The first-order valence-electron chi connectivity index (χ1n) is 14.3. The van der Waals surface area contributed by atoms with E-state index in [2.05, 4.69) is 98.9 Å². The standard InChI is InChI=1S/C39H24N4O/c1-41-33-14-9-13-31(39(33)43-36-17-8-5-12-29(36)32-22-25(24-40)18-21-37(32)43)30-20-19-26(23-38(30)44-2)42-34-15-6-3-10-27(34)28-11-4-7-16-35(28)42/h3-23H,2H3. The Hall–Kier alpha value is -6.30. The summed E-state index contributed by atoms with van der Waals surface area (Å²) in [5.74, 6) is 0.709. The van der Waals surface area contributed by atoms with Crippen LogP contribution in [0, 0.1) is 17.9 Å². The second-order valence-electron chi connectivity index (χ2n) is 10.7. The Morgan fingerprint density at radius 3 is 1.86 bits per heavy atom. The van der Waals surface area contributed by atoms with Crippen LogP contribution in [0.25, 0.3) is 71.0 Å². The van der Waals surface area contributed by atoms with Gasteiger partial charge in [0.05, 0.1) is 53.1 Å². The fraction of sp³-hybridized carbons (Fsp3) is 0.0256. The maximum Gasteiger partial charge on any atom is 0.211 e. The Balaban J connectivity index is 1.40. The average molecular weight is 565 g/mol. The zero-order chi connectivity index (χ0) is 29.8. The van der Waals surface area contributed by atoms with E-state index in [1.54, 1.807) is 7.11 Å². The van der Waals surface area contributed by atoms with E-state index >= 15 is 0 Å². The molecule has 2 heterocycles. The molecule has 0 amide bonds. The lowest BCUT2D eigenvalue weighted by Gasteiger charge is -2.19. The number of nitrogens with zero attached hydrogens (tertiary/aromatic N) is 4. The van der Waals surface area contributed by atoms with Gasteiger partial charge in [-0.2, -0.15) is 5.26 Å². The number of para-hydroxylation sites is 4. The highest BCUT2D eigenvalue weighted by Crippen LogP contribution is 2.44. The molecular weight excluding hydrogens is 540 g/mol. The highest BCUT2D eigenvalue weighted by molar-refractivity contribution is 6.11. The largest absolute Gasteiger partial charge is 0.496 e. The molecule has 5 nitrogen and oxygen atoms in total. The summed E-state index contributed by atoms with van der Waals surface area (Å²) in [4.78, 5) is 3.97. The van der Waals surface area contributed by atoms with E-state index in [9.17, 15) is 5.26 Å². The van der Waals surface area contributed by atoms with Gasteiger partial charge in [-0.05, 0) is 54.1 Å². The maximum atomic E-state index is 9.62. The first-order valence-corrected chi connectivity index (χ1v) is 14.3. The molecule has 6 aromatic carbocycles. The van der Waals surface area contributed by atoms with Gasteiger partial charge in [-0.3, -0.25) is 0 Å². The smallest absolute Gasteiger partial charge is 0.211 e. The van der Waals surface area contributed by atoms with Crippen molar-refractivity contribution in [3.8, 4) is 34.3 Å². The van der Waals surface area contributed by atoms with E-state index in [1.165, 1.54) is 10.8 Å². The number of ether oxygens (including phenoxy) is 1. The molecule has 0 N–H and O–H groups in total. The molecule has 0 spiro atoms. The highest BCUT2D eigenvalue weighted by atomic mass is 16.5. The fourth-order valence-corrected chi connectivity index (χ4v) is 6.60. The van der Waals surface area contributed by atoms with Crippen LogP contribution in [0.15, 0.2) is 127 Å². The number of hydrogen-bond donors (Lipinski definition) is 0. The molecule has 44 heavy (non-hydrogen) atoms. The minimum absolute atomic E-state index is 0.531. The van der Waals surface area contributed by atoms with Gasteiger partial charge in [-0.25, -0.2) is 4.85 Å². The van der Waals surface area contributed by atoms with Crippen molar-refractivity contribution in [2.45, 2.75) is 0 Å². The molecule has 0 fully saturated rings. The van der Waals surface area contributed by atoms with Gasteiger partial charge in [0.1, 0.15) is 5.75 Å². The van der Waals surface area contributed by atoms with E-state index in [1.807, 2.05) is 48.5 Å². The summed E-state index contributed by atoms with van der Waals surface area (Å²) in [6, 6.07) is 45.1. The Morgan fingerprint density at radius 2 is 1.23 bits per heavy atom. The molecule has 0 atom stereocenters. The molecule has 0 saturated carbocycles. The molecular formula is C39H24N4O. The SMILES string of the molecule is [C-]#[N+]c1cccc(-c2ccc(-n3c4ccccc4c4ccccc43)cc2OC)c1-n1c2ccccc2c2cc(C#N)ccc21. The van der Waals surface area contributed by atoms with Crippen LogP contribution in [0.5, 0.6) is 5.75 Å². The van der Waals surface area contributed by atoms with Crippen molar-refractivity contribution in [1.82, 2.24) is 9.13 Å². The molecule has 2 aromatic heterocycles. The minimum Gasteiger partial charge on any atom is -0.496 e. The Labute approximate surface area is 253 Å². The number of methoxy groups -OCH3 is 1. The molecule has 5 heteroatoms. The zero-order valence-corrected chi connectivity index (χ0v) is 23.8. The summed E-state index contributed by atoms with van der Waals surface area (Å²) >= 11 is 0. The Morgan fingerprint density at radius 1 is 0.614 bits per heavy atom. The number of rotatable bonds is 4. The van der Waals surface area contributed by atoms with Gasteiger partial charge in [0.25, 0.3) is 0 Å². The van der Waals surface area contributed by atoms with Gasteiger partial charge in [0.2, 0.25) is 5.69 Å². The van der Waals surface area contributed by atoms with Crippen molar-refractivity contribution in [2.75, 3.05) is 7.11 Å². The van der Waals surface area contributed by atoms with E-state index in [0.29, 0.717) is 17.0 Å². The van der Waals surface area contributed by atoms with E-state index in [0.717, 1.165) is 55.3 Å². The predicted molar refractivity (Wildman–Crippen MR) is 178 cm³/mol. The summed E-state index contributed by atoms with van der Waals surface area (Å²) in [6.07, 6.45) is 0. The molecule has 0 radical (unpaired) electrons. The topological polar surface area (TPSA) is 47.2 Å². The third-order valence-corrected chi connectivity index (χ3v) is 8.47. The van der Waals surface area contributed by atoms with Gasteiger partial charge < -0.3 is 13.9 Å². The van der Waals surface area contributed by atoms with Crippen molar-refractivity contribution in [1.29, 1.82) is 5.26 Å². The van der Waals surface area contributed by atoms with Crippen molar-refractivity contribution in [3.63, 3.8) is 0 Å². The minimum atomic E-state index is 0.531. The van der Waals surface area contributed by atoms with Crippen LogP contribution >= 0.6 is 0 Å². The Bertz CT molecular complexity index is 2470. The van der Waals surface area contributed by atoms with Gasteiger partial charge in [-0.15, -0.1) is 0 Å². The number of hydrogen-bond acceptors (Lipinski definition) is 2. The molecule has 0 saturated heterocycles. The quantitative estimate of drug-likeness (QED) is 0.200. The summed E-state index contributed by atoms with van der Waals surface area (Å²) in [7, 11) is 1.69. The van der Waals surface area contributed by atoms with Gasteiger partial charge in [0, 0.05) is 38.9 Å². The van der Waals surface area contributed by atoms with Gasteiger partial charge >= 0.3 is 0 Å². The summed E-state index contributed by atoms with van der Waals surface area (Å²) in [5, 5.41) is 14.0. The van der Waals surface area contributed by atoms with Crippen LogP contribution in [-0.2, 0) is 0 Å². The molecule has 0 aliphatic rings. The van der Waals surface area contributed by atoms with Crippen LogP contribution in [0.1, 0.15) is 5.56 Å². The summed E-state index contributed by atoms with van der Waals surface area (Å²) in [6.45, 7) is 8.14. The molecule has 0 bridgehead atoms. The number of fused-ring (bicyclic) bond motifs is 6. The summed E-state index contributed by atoms with van der Waals surface area (Å²) in [5.41, 5.74) is 8.83. The van der Waals surface area contributed by atoms with Gasteiger partial charge in [-0.1, -0.05) is 72.8 Å². The molecule has 206 valence electrons. The second-order valence-corrected chi connectivity index (χ2v) is 10.7. The van der Waals surface area contributed by atoms with E-state index < -0.39 is 0 Å². The van der Waals surface area contributed by atoms with Crippen molar-refractivity contribution in [2.24, 2.45) is 0 Å². The normalized spacial score (nSPS) is 11.2. The predicted octanol–water partition coefficient (Wildman–Crippen LogP) is 9.98. The first-order chi connectivity index (χ1) is 21.7. The van der Waals surface area contributed by atoms with Crippen LogP contribution in [0.4, 0.5) is 5.69 Å². The zero-order valence-electron chi connectivity index (χ0n) is 23.8. The van der Waals surface area contributed by atoms with Crippen LogP contribution in [0.2, 0.25) is 0 Å². The third-order valence-electron chi connectivity index (χ3n) is 8.47. The molecule has 8 aromatic rings. The molecule has 8 rings (SSSR count). The lowest BCUT2D eigenvalue weighted by atomic mass is 10.00. The lowest BCUT2D eigenvalue weighted by Crippen LogP contribution is -2.00. The highest BCUT2D eigenvalue weighted by Gasteiger charge is 2.21. The summed E-state index contributed by atoms with van der Waals surface area (Å²) < 4.78 is 10.5. The number of nitriles is 1. The Kier molecular flexibility index (Phi) is 5.72. The van der Waals surface area contributed by atoms with E-state index in [-0.39, 0.29) is 0 Å². The third kappa shape index (κ3) is 3.64.